The van der Waals surface area contributed by atoms with Gasteiger partial charge in [-0.25, -0.2) is 4.79 Å². The van der Waals surface area contributed by atoms with Crippen LogP contribution in [-0.2, 0) is 16.0 Å². The average molecular weight is 530 g/mol. The van der Waals surface area contributed by atoms with Crippen molar-refractivity contribution < 1.29 is 14.3 Å². The van der Waals surface area contributed by atoms with Gasteiger partial charge in [0.2, 0.25) is 17.8 Å². The van der Waals surface area contributed by atoms with Crippen molar-refractivity contribution in [3.05, 3.63) is 65.4 Å². The third kappa shape index (κ3) is 5.19. The standard InChI is InChI=1S/C29H35N7O3/c1-5-15-30-27-33-28(31-16-6-2)35-29(34-27)36-23(26(37)39-4)17-21-20-9-7-8-10-22(20)32-24(21)25(36)18-11-13-19(38-3)14-12-18/h7-14,23,25,32H,5-6,15-17H2,1-4H3,(H2,30,31,33,34,35)/t23-,25+/m0/s1. The molecule has 0 aliphatic carbocycles. The van der Waals surface area contributed by atoms with Crippen LogP contribution in [-0.4, -0.2) is 59.3 Å². The van der Waals surface area contributed by atoms with Crippen molar-refractivity contribution in [2.75, 3.05) is 42.8 Å². The van der Waals surface area contributed by atoms with E-state index in [4.69, 9.17) is 19.4 Å². The van der Waals surface area contributed by atoms with E-state index < -0.39 is 12.1 Å². The zero-order valence-electron chi connectivity index (χ0n) is 22.8. The molecule has 0 amide bonds. The van der Waals surface area contributed by atoms with Crippen LogP contribution in [0.15, 0.2) is 48.5 Å². The second-order valence-corrected chi connectivity index (χ2v) is 9.53. The van der Waals surface area contributed by atoms with Crippen molar-refractivity contribution in [3.8, 4) is 5.75 Å². The average Bonchev–Trinajstić information content (AvgIpc) is 3.36. The smallest absolute Gasteiger partial charge is 0.328 e. The third-order valence-corrected chi connectivity index (χ3v) is 6.96. The number of rotatable bonds is 10. The van der Waals surface area contributed by atoms with Crippen LogP contribution in [0.1, 0.15) is 49.6 Å². The first-order valence-electron chi connectivity index (χ1n) is 13.4. The molecule has 3 heterocycles. The van der Waals surface area contributed by atoms with Crippen molar-refractivity contribution in [1.82, 2.24) is 19.9 Å². The summed E-state index contributed by atoms with van der Waals surface area (Å²) in [4.78, 5) is 33.2. The van der Waals surface area contributed by atoms with E-state index in [2.05, 4.69) is 46.6 Å². The highest BCUT2D eigenvalue weighted by Gasteiger charge is 2.43. The molecule has 2 aromatic carbocycles. The zero-order chi connectivity index (χ0) is 27.4. The van der Waals surface area contributed by atoms with Crippen molar-refractivity contribution in [1.29, 1.82) is 0 Å². The number of H-pyrrole nitrogens is 1. The quantitative estimate of drug-likeness (QED) is 0.251. The summed E-state index contributed by atoms with van der Waals surface area (Å²) in [5.41, 5.74) is 4.05. The zero-order valence-corrected chi connectivity index (χ0v) is 22.8. The molecule has 0 spiro atoms. The van der Waals surface area contributed by atoms with Gasteiger partial charge < -0.3 is 30.0 Å². The third-order valence-electron chi connectivity index (χ3n) is 6.96. The van der Waals surface area contributed by atoms with E-state index in [0.29, 0.717) is 37.4 Å². The number of carbonyl (C=O) groups excluding carboxylic acids is 1. The second-order valence-electron chi connectivity index (χ2n) is 9.53. The largest absolute Gasteiger partial charge is 0.497 e. The molecule has 10 heteroatoms. The van der Waals surface area contributed by atoms with Crippen LogP contribution in [0.2, 0.25) is 0 Å². The molecule has 2 aromatic heterocycles. The normalized spacial score (nSPS) is 16.6. The summed E-state index contributed by atoms with van der Waals surface area (Å²) in [7, 11) is 3.06. The number of aromatic nitrogens is 4. The number of carbonyl (C=O) groups is 1. The lowest BCUT2D eigenvalue weighted by molar-refractivity contribution is -0.142. The lowest BCUT2D eigenvalue weighted by Gasteiger charge is -2.41. The molecule has 3 N–H and O–H groups in total. The topological polar surface area (TPSA) is 117 Å². The Labute approximate surface area is 228 Å². The molecule has 204 valence electrons. The van der Waals surface area contributed by atoms with Crippen LogP contribution in [0, 0.1) is 0 Å². The van der Waals surface area contributed by atoms with Crippen molar-refractivity contribution in [2.45, 2.75) is 45.2 Å². The molecule has 0 saturated carbocycles. The Hall–Kier alpha value is -4.34. The van der Waals surface area contributed by atoms with Crippen molar-refractivity contribution >= 4 is 34.7 Å². The minimum atomic E-state index is -0.658. The predicted octanol–water partition coefficient (Wildman–Crippen LogP) is 4.70. The van der Waals surface area contributed by atoms with Gasteiger partial charge in [-0.2, -0.15) is 15.0 Å². The summed E-state index contributed by atoms with van der Waals surface area (Å²) in [6.45, 7) is 5.59. The number of nitrogens with zero attached hydrogens (tertiary/aromatic N) is 4. The lowest BCUT2D eigenvalue weighted by atomic mass is 9.88. The fourth-order valence-electron chi connectivity index (χ4n) is 5.10. The first-order valence-corrected chi connectivity index (χ1v) is 13.4. The van der Waals surface area contributed by atoms with Gasteiger partial charge in [-0.1, -0.05) is 44.2 Å². The molecule has 0 bridgehead atoms. The first kappa shape index (κ1) is 26.3. The van der Waals surface area contributed by atoms with E-state index in [1.165, 1.54) is 7.11 Å². The highest BCUT2D eigenvalue weighted by molar-refractivity contribution is 5.89. The van der Waals surface area contributed by atoms with Gasteiger partial charge in [-0.3, -0.25) is 0 Å². The van der Waals surface area contributed by atoms with Crippen LogP contribution in [0.3, 0.4) is 0 Å². The SMILES string of the molecule is CCCNc1nc(NCCC)nc(N2[C@H](c3ccc(OC)cc3)c3[nH]c4ccccc4c3C[C@H]2C(=O)OC)n1. The highest BCUT2D eigenvalue weighted by Crippen LogP contribution is 2.43. The maximum Gasteiger partial charge on any atom is 0.328 e. The summed E-state index contributed by atoms with van der Waals surface area (Å²) >= 11 is 0. The van der Waals surface area contributed by atoms with Gasteiger partial charge in [0.25, 0.3) is 0 Å². The minimum Gasteiger partial charge on any atom is -0.497 e. The monoisotopic (exact) mass is 529 g/mol. The summed E-state index contributed by atoms with van der Waals surface area (Å²) in [5.74, 6) is 1.71. The number of aromatic amines is 1. The van der Waals surface area contributed by atoms with Gasteiger partial charge in [0.1, 0.15) is 11.8 Å². The maximum atomic E-state index is 13.4. The van der Waals surface area contributed by atoms with Crippen LogP contribution < -0.4 is 20.3 Å². The fourth-order valence-corrected chi connectivity index (χ4v) is 5.10. The van der Waals surface area contributed by atoms with E-state index in [1.807, 2.05) is 41.3 Å². The first-order chi connectivity index (χ1) is 19.1. The molecule has 2 atom stereocenters. The molecular weight excluding hydrogens is 494 g/mol. The van der Waals surface area contributed by atoms with Crippen molar-refractivity contribution in [2.24, 2.45) is 0 Å². The molecule has 0 saturated heterocycles. The Balaban J connectivity index is 1.73. The van der Waals surface area contributed by atoms with Gasteiger partial charge >= 0.3 is 5.97 Å². The fraction of sp³-hybridized carbons (Fsp3) is 0.379. The minimum absolute atomic E-state index is 0.351. The van der Waals surface area contributed by atoms with Crippen LogP contribution in [0.5, 0.6) is 5.75 Å². The van der Waals surface area contributed by atoms with E-state index in [9.17, 15) is 4.79 Å². The molecule has 39 heavy (non-hydrogen) atoms. The Bertz CT molecular complexity index is 1410. The van der Waals surface area contributed by atoms with E-state index in [0.717, 1.165) is 46.3 Å². The van der Waals surface area contributed by atoms with Gasteiger partial charge in [0.05, 0.1) is 20.3 Å². The highest BCUT2D eigenvalue weighted by atomic mass is 16.5. The van der Waals surface area contributed by atoms with E-state index in [1.54, 1.807) is 7.11 Å². The Morgan fingerprint density at radius 1 is 0.974 bits per heavy atom. The summed E-state index contributed by atoms with van der Waals surface area (Å²) in [6, 6.07) is 15.0. The van der Waals surface area contributed by atoms with Gasteiger partial charge in [0.15, 0.2) is 0 Å². The molecule has 5 rings (SSSR count). The summed E-state index contributed by atoms with van der Waals surface area (Å²) in [5, 5.41) is 7.67. The maximum absolute atomic E-state index is 13.4. The van der Waals surface area contributed by atoms with Crippen LogP contribution >= 0.6 is 0 Å². The molecule has 0 fully saturated rings. The van der Waals surface area contributed by atoms with E-state index >= 15 is 0 Å². The van der Waals surface area contributed by atoms with Crippen LogP contribution in [0.25, 0.3) is 10.9 Å². The van der Waals surface area contributed by atoms with Crippen molar-refractivity contribution in [3.63, 3.8) is 0 Å². The molecule has 1 aliphatic heterocycles. The molecular formula is C29H35N7O3. The van der Waals surface area contributed by atoms with Gasteiger partial charge in [-0.15, -0.1) is 0 Å². The van der Waals surface area contributed by atoms with Crippen LogP contribution in [0.4, 0.5) is 17.8 Å². The summed E-state index contributed by atoms with van der Waals surface area (Å²) in [6.07, 6.45) is 2.28. The Kier molecular flexibility index (Phi) is 7.81. The number of esters is 1. The molecule has 4 aromatic rings. The number of fused-ring (bicyclic) bond motifs is 3. The molecule has 10 nitrogen and oxygen atoms in total. The number of ether oxygens (including phenoxy) is 2. The number of benzene rings is 2. The number of para-hydroxylation sites is 1. The second kappa shape index (κ2) is 11.6. The lowest BCUT2D eigenvalue weighted by Crippen LogP contribution is -2.50. The van der Waals surface area contributed by atoms with E-state index in [-0.39, 0.29) is 5.97 Å². The van der Waals surface area contributed by atoms with Gasteiger partial charge in [-0.05, 0) is 42.2 Å². The number of nitrogens with one attached hydrogen (secondary N) is 3. The number of anilines is 3. The predicted molar refractivity (Wildman–Crippen MR) is 153 cm³/mol. The molecule has 0 radical (unpaired) electrons. The number of hydrogen-bond acceptors (Lipinski definition) is 9. The number of hydrogen-bond donors (Lipinski definition) is 3. The Morgan fingerprint density at radius 3 is 2.26 bits per heavy atom. The summed E-state index contributed by atoms with van der Waals surface area (Å²) < 4.78 is 10.8. The van der Waals surface area contributed by atoms with Gasteiger partial charge in [0, 0.05) is 36.1 Å². The Morgan fingerprint density at radius 2 is 1.64 bits per heavy atom. The number of methoxy groups -OCH3 is 2. The molecule has 0 unspecified atom stereocenters. The molecule has 1 aliphatic rings.